The van der Waals surface area contributed by atoms with Crippen molar-refractivity contribution in [2.45, 2.75) is 19.9 Å². The van der Waals surface area contributed by atoms with Crippen LogP contribution in [0.1, 0.15) is 29.3 Å². The van der Waals surface area contributed by atoms with Crippen molar-refractivity contribution in [3.05, 3.63) is 83.9 Å². The lowest BCUT2D eigenvalue weighted by Gasteiger charge is -2.13. The Labute approximate surface area is 211 Å². The number of carbonyl (C=O) groups is 1. The highest BCUT2D eigenvalue weighted by molar-refractivity contribution is 7.80. The van der Waals surface area contributed by atoms with Crippen LogP contribution < -0.4 is 29.6 Å². The van der Waals surface area contributed by atoms with Crippen LogP contribution in [0.25, 0.3) is 0 Å². The fraction of sp³-hybridized carbons (Fsp3) is 0.259. The molecule has 0 aromatic heterocycles. The molecule has 0 unspecified atom stereocenters. The van der Waals surface area contributed by atoms with E-state index in [1.165, 1.54) is 0 Å². The molecule has 0 saturated carbocycles. The summed E-state index contributed by atoms with van der Waals surface area (Å²) >= 11 is 5.29. The first-order valence-corrected chi connectivity index (χ1v) is 11.8. The van der Waals surface area contributed by atoms with E-state index in [0.29, 0.717) is 49.2 Å². The number of amides is 1. The molecule has 0 fully saturated rings. The Kier molecular flexibility index (Phi) is 10.2. The Hall–Kier alpha value is -3.78. The summed E-state index contributed by atoms with van der Waals surface area (Å²) in [6.45, 7) is 3.84. The number of hydrogen-bond donors (Lipinski definition) is 2. The van der Waals surface area contributed by atoms with Crippen molar-refractivity contribution in [2.24, 2.45) is 0 Å². The average molecular weight is 495 g/mol. The van der Waals surface area contributed by atoms with Crippen LogP contribution in [0.3, 0.4) is 0 Å². The largest absolute Gasteiger partial charge is 0.493 e. The smallest absolute Gasteiger partial charge is 0.257 e. The molecule has 0 aliphatic rings. The Morgan fingerprint density at radius 2 is 1.57 bits per heavy atom. The van der Waals surface area contributed by atoms with E-state index in [1.807, 2.05) is 55.5 Å². The molecule has 3 aromatic carbocycles. The van der Waals surface area contributed by atoms with Crippen molar-refractivity contribution in [1.82, 2.24) is 10.6 Å². The first kappa shape index (κ1) is 25.8. The van der Waals surface area contributed by atoms with Gasteiger partial charge < -0.3 is 24.3 Å². The molecule has 8 heteroatoms. The molecule has 1 amide bonds. The molecule has 0 aliphatic heterocycles. The van der Waals surface area contributed by atoms with Crippen molar-refractivity contribution in [1.29, 1.82) is 0 Å². The maximum absolute atomic E-state index is 12.6. The van der Waals surface area contributed by atoms with Crippen molar-refractivity contribution in [3.63, 3.8) is 0 Å². The van der Waals surface area contributed by atoms with E-state index in [4.69, 9.17) is 31.2 Å². The van der Waals surface area contributed by atoms with E-state index in [-0.39, 0.29) is 11.0 Å². The third kappa shape index (κ3) is 8.50. The third-order valence-electron chi connectivity index (χ3n) is 4.83. The minimum absolute atomic E-state index is 0.225. The number of ether oxygens (including phenoxy) is 4. The summed E-state index contributed by atoms with van der Waals surface area (Å²) in [7, 11) is 1.60. The molecule has 0 bridgehead atoms. The number of nitrogens with one attached hydrogen (secondary N) is 2. The molecule has 35 heavy (non-hydrogen) atoms. The van der Waals surface area contributed by atoms with Gasteiger partial charge in [-0.25, -0.2) is 0 Å². The van der Waals surface area contributed by atoms with Crippen molar-refractivity contribution in [2.75, 3.05) is 26.9 Å². The Morgan fingerprint density at radius 3 is 2.31 bits per heavy atom. The lowest BCUT2D eigenvalue weighted by atomic mass is 10.2. The topological polar surface area (TPSA) is 78.1 Å². The number of methoxy groups -OCH3 is 1. The van der Waals surface area contributed by atoms with Crippen LogP contribution in [0.4, 0.5) is 0 Å². The van der Waals surface area contributed by atoms with Crippen molar-refractivity contribution in [3.8, 4) is 23.0 Å². The number of benzene rings is 3. The fourth-order valence-electron chi connectivity index (χ4n) is 3.12. The van der Waals surface area contributed by atoms with Crippen LogP contribution in [0.2, 0.25) is 0 Å². The summed E-state index contributed by atoms with van der Waals surface area (Å²) in [6, 6.07) is 22.1. The highest BCUT2D eigenvalue weighted by Crippen LogP contribution is 2.28. The minimum Gasteiger partial charge on any atom is -0.493 e. The number of carbonyl (C=O) groups excluding carboxylic acids is 1. The third-order valence-corrected chi connectivity index (χ3v) is 5.08. The van der Waals surface area contributed by atoms with Gasteiger partial charge in [0, 0.05) is 12.1 Å². The average Bonchev–Trinajstić information content (AvgIpc) is 2.89. The molecule has 0 aliphatic carbocycles. The van der Waals surface area contributed by atoms with Gasteiger partial charge in [-0.1, -0.05) is 37.3 Å². The van der Waals surface area contributed by atoms with Gasteiger partial charge in [0.25, 0.3) is 5.91 Å². The number of thiocarbonyl (C=S) groups is 1. The molecule has 0 radical (unpaired) electrons. The summed E-state index contributed by atoms with van der Waals surface area (Å²) < 4.78 is 22.4. The molecule has 0 saturated heterocycles. The first-order valence-electron chi connectivity index (χ1n) is 11.4. The number of para-hydroxylation sites is 1. The molecule has 3 aromatic rings. The SMILES string of the molecule is CCCOc1ccc(CNC(=S)NC(=O)c2cccc(OCCOc3ccccc3)c2)cc1OC. The quantitative estimate of drug-likeness (QED) is 0.278. The maximum Gasteiger partial charge on any atom is 0.257 e. The molecule has 3 rings (SSSR count). The summed E-state index contributed by atoms with van der Waals surface area (Å²) in [5, 5.41) is 5.96. The van der Waals surface area contributed by atoms with Crippen molar-refractivity contribution >= 4 is 23.2 Å². The highest BCUT2D eigenvalue weighted by Gasteiger charge is 2.10. The van der Waals surface area contributed by atoms with Crippen LogP contribution in [-0.2, 0) is 6.54 Å². The summed E-state index contributed by atoms with van der Waals surface area (Å²) in [5.74, 6) is 2.38. The maximum atomic E-state index is 12.6. The van der Waals surface area contributed by atoms with Gasteiger partial charge in [-0.3, -0.25) is 10.1 Å². The zero-order valence-corrected chi connectivity index (χ0v) is 20.7. The minimum atomic E-state index is -0.325. The number of hydrogen-bond acceptors (Lipinski definition) is 6. The van der Waals surface area contributed by atoms with Gasteiger partial charge in [-0.2, -0.15) is 0 Å². The van der Waals surface area contributed by atoms with Crippen LogP contribution in [-0.4, -0.2) is 38.0 Å². The fourth-order valence-corrected chi connectivity index (χ4v) is 3.28. The van der Waals surface area contributed by atoms with Crippen LogP contribution in [0, 0.1) is 0 Å². The van der Waals surface area contributed by atoms with Gasteiger partial charge in [0.15, 0.2) is 16.6 Å². The summed E-state index contributed by atoms with van der Waals surface area (Å²) in [4.78, 5) is 12.6. The second-order valence-corrected chi connectivity index (χ2v) is 7.92. The normalized spacial score (nSPS) is 10.2. The van der Waals surface area contributed by atoms with E-state index in [2.05, 4.69) is 10.6 Å². The van der Waals surface area contributed by atoms with Gasteiger partial charge in [0.05, 0.1) is 13.7 Å². The Bertz CT molecular complexity index is 1110. The molecular weight excluding hydrogens is 464 g/mol. The molecule has 2 N–H and O–H groups in total. The predicted octanol–water partition coefficient (Wildman–Crippen LogP) is 4.75. The molecular formula is C27H30N2O5S. The Morgan fingerprint density at radius 1 is 0.829 bits per heavy atom. The van der Waals surface area contributed by atoms with Gasteiger partial charge >= 0.3 is 0 Å². The number of rotatable bonds is 12. The van der Waals surface area contributed by atoms with Gasteiger partial charge in [-0.15, -0.1) is 0 Å². The summed E-state index contributed by atoms with van der Waals surface area (Å²) in [6.07, 6.45) is 0.915. The first-order chi connectivity index (χ1) is 17.1. The molecule has 0 spiro atoms. The molecule has 7 nitrogen and oxygen atoms in total. The van der Waals surface area contributed by atoms with Crippen LogP contribution >= 0.6 is 12.2 Å². The van der Waals surface area contributed by atoms with E-state index in [0.717, 1.165) is 17.7 Å². The summed E-state index contributed by atoms with van der Waals surface area (Å²) in [5.41, 5.74) is 1.38. The van der Waals surface area contributed by atoms with E-state index in [1.54, 1.807) is 31.4 Å². The van der Waals surface area contributed by atoms with E-state index in [9.17, 15) is 4.79 Å². The Balaban J connectivity index is 1.45. The molecule has 184 valence electrons. The van der Waals surface area contributed by atoms with E-state index < -0.39 is 0 Å². The van der Waals surface area contributed by atoms with Gasteiger partial charge in [-0.05, 0) is 66.7 Å². The molecule has 0 atom stereocenters. The standard InChI is InChI=1S/C27H30N2O5S/c1-3-14-34-24-13-12-20(17-25(24)31-2)19-28-27(35)29-26(30)21-8-7-11-23(18-21)33-16-15-32-22-9-5-4-6-10-22/h4-13,17-18H,3,14-16,19H2,1-2H3,(H2,28,29,30,35). The van der Waals surface area contributed by atoms with E-state index >= 15 is 0 Å². The highest BCUT2D eigenvalue weighted by atomic mass is 32.1. The lowest BCUT2D eigenvalue weighted by Crippen LogP contribution is -2.38. The predicted molar refractivity (Wildman–Crippen MR) is 140 cm³/mol. The zero-order valence-electron chi connectivity index (χ0n) is 19.9. The van der Waals surface area contributed by atoms with Gasteiger partial charge in [0.1, 0.15) is 24.7 Å². The zero-order chi connectivity index (χ0) is 24.9. The van der Waals surface area contributed by atoms with Crippen molar-refractivity contribution < 1.29 is 23.7 Å². The molecule has 0 heterocycles. The second-order valence-electron chi connectivity index (χ2n) is 7.51. The van der Waals surface area contributed by atoms with Gasteiger partial charge in [0.2, 0.25) is 0 Å². The van der Waals surface area contributed by atoms with Crippen LogP contribution in [0.15, 0.2) is 72.8 Å². The monoisotopic (exact) mass is 494 g/mol. The van der Waals surface area contributed by atoms with Crippen LogP contribution in [0.5, 0.6) is 23.0 Å². The lowest BCUT2D eigenvalue weighted by molar-refractivity contribution is 0.0976. The second kappa shape index (κ2) is 13.8.